The van der Waals surface area contributed by atoms with Crippen molar-refractivity contribution in [1.29, 1.82) is 0 Å². The lowest BCUT2D eigenvalue weighted by molar-refractivity contribution is 0.601. The monoisotopic (exact) mass is 350 g/mol. The first-order valence-corrected chi connectivity index (χ1v) is 8.80. The molecule has 0 unspecified atom stereocenters. The van der Waals surface area contributed by atoms with Gasteiger partial charge in [-0.15, -0.1) is 0 Å². The standard InChI is InChI=1S/C12H12Cl2N2O2S2/c1-15-6-9-10(13)2-3-11(12(9)14)20(17,18)16-8-4-5-19-7-8/h2-5,7,15-16H,6H2,1H3. The minimum absolute atomic E-state index is 0.0139. The Kier molecular flexibility index (Phi) is 4.93. The molecule has 1 aromatic heterocycles. The summed E-state index contributed by atoms with van der Waals surface area (Å²) in [5, 5.41) is 6.96. The molecule has 0 saturated carbocycles. The first-order chi connectivity index (χ1) is 9.45. The highest BCUT2D eigenvalue weighted by molar-refractivity contribution is 7.92. The van der Waals surface area contributed by atoms with Gasteiger partial charge < -0.3 is 5.32 Å². The Morgan fingerprint density at radius 1 is 1.25 bits per heavy atom. The largest absolute Gasteiger partial charge is 0.316 e. The average molecular weight is 351 g/mol. The van der Waals surface area contributed by atoms with Crippen molar-refractivity contribution in [2.45, 2.75) is 11.4 Å². The first kappa shape index (κ1) is 15.6. The number of thiophene rings is 1. The number of anilines is 1. The topological polar surface area (TPSA) is 58.2 Å². The molecule has 108 valence electrons. The molecule has 0 bridgehead atoms. The van der Waals surface area contributed by atoms with Gasteiger partial charge in [-0.1, -0.05) is 23.2 Å². The Bertz CT molecular complexity index is 700. The second-order valence-electron chi connectivity index (χ2n) is 3.99. The van der Waals surface area contributed by atoms with Crippen LogP contribution in [0, 0.1) is 0 Å². The lowest BCUT2D eigenvalue weighted by Crippen LogP contribution is -2.15. The molecule has 0 aliphatic carbocycles. The number of hydrogen-bond acceptors (Lipinski definition) is 4. The number of sulfonamides is 1. The summed E-state index contributed by atoms with van der Waals surface area (Å²) in [6.45, 7) is 0.388. The van der Waals surface area contributed by atoms with Gasteiger partial charge in [-0.3, -0.25) is 4.72 Å². The Morgan fingerprint density at radius 2 is 2.00 bits per heavy atom. The molecule has 8 heteroatoms. The summed E-state index contributed by atoms with van der Waals surface area (Å²) >= 11 is 13.6. The molecule has 2 aromatic rings. The highest BCUT2D eigenvalue weighted by Crippen LogP contribution is 2.32. The normalized spacial score (nSPS) is 11.6. The maximum absolute atomic E-state index is 12.3. The Morgan fingerprint density at radius 3 is 2.60 bits per heavy atom. The summed E-state index contributed by atoms with van der Waals surface area (Å²) in [4.78, 5) is 0.0139. The molecule has 1 heterocycles. The summed E-state index contributed by atoms with van der Waals surface area (Å²) < 4.78 is 27.1. The Balaban J connectivity index is 2.44. The molecule has 0 amide bonds. The fraction of sp³-hybridized carbons (Fsp3) is 0.167. The van der Waals surface area contributed by atoms with E-state index < -0.39 is 10.0 Å². The predicted octanol–water partition coefficient (Wildman–Crippen LogP) is 3.58. The summed E-state index contributed by atoms with van der Waals surface area (Å²) in [6, 6.07) is 4.61. The zero-order chi connectivity index (χ0) is 14.8. The van der Waals surface area contributed by atoms with Crippen LogP contribution in [0.2, 0.25) is 10.0 Å². The van der Waals surface area contributed by atoms with E-state index in [0.29, 0.717) is 22.8 Å². The minimum Gasteiger partial charge on any atom is -0.316 e. The zero-order valence-corrected chi connectivity index (χ0v) is 13.6. The van der Waals surface area contributed by atoms with Gasteiger partial charge in [0.2, 0.25) is 0 Å². The second kappa shape index (κ2) is 6.32. The molecule has 4 nitrogen and oxygen atoms in total. The van der Waals surface area contributed by atoms with Crippen molar-refractivity contribution in [1.82, 2.24) is 5.32 Å². The molecule has 2 rings (SSSR count). The molecule has 1 aromatic carbocycles. The number of rotatable bonds is 5. The van der Waals surface area contributed by atoms with Gasteiger partial charge >= 0.3 is 0 Å². The third-order valence-corrected chi connectivity index (χ3v) is 5.57. The van der Waals surface area contributed by atoms with Gasteiger partial charge in [0.25, 0.3) is 10.0 Å². The molecular formula is C12H12Cl2N2O2S2. The molecule has 0 atom stereocenters. The fourth-order valence-corrected chi connectivity index (χ4v) is 4.28. The van der Waals surface area contributed by atoms with E-state index in [1.54, 1.807) is 23.9 Å². The Hall–Kier alpha value is -0.790. The van der Waals surface area contributed by atoms with Crippen LogP contribution in [0.5, 0.6) is 0 Å². The number of benzene rings is 1. The quantitative estimate of drug-likeness (QED) is 0.866. The fourth-order valence-electron chi connectivity index (χ4n) is 1.66. The second-order valence-corrected chi connectivity index (χ2v) is 7.20. The summed E-state index contributed by atoms with van der Waals surface area (Å²) in [6.07, 6.45) is 0. The smallest absolute Gasteiger partial charge is 0.263 e. The molecule has 0 saturated heterocycles. The van der Waals surface area contributed by atoms with Gasteiger partial charge in [0.05, 0.1) is 10.7 Å². The van der Waals surface area contributed by atoms with Crippen LogP contribution in [-0.4, -0.2) is 15.5 Å². The van der Waals surface area contributed by atoms with Gasteiger partial charge in [0, 0.05) is 22.5 Å². The van der Waals surface area contributed by atoms with Gasteiger partial charge in [-0.05, 0) is 30.6 Å². The van der Waals surface area contributed by atoms with E-state index in [2.05, 4.69) is 10.0 Å². The molecule has 20 heavy (non-hydrogen) atoms. The number of hydrogen-bond donors (Lipinski definition) is 2. The van der Waals surface area contributed by atoms with Crippen LogP contribution in [0.4, 0.5) is 5.69 Å². The molecule has 0 radical (unpaired) electrons. The van der Waals surface area contributed by atoms with E-state index >= 15 is 0 Å². The van der Waals surface area contributed by atoms with Gasteiger partial charge in [-0.2, -0.15) is 11.3 Å². The van der Waals surface area contributed by atoms with E-state index in [-0.39, 0.29) is 9.92 Å². The van der Waals surface area contributed by atoms with Gasteiger partial charge in [0.15, 0.2) is 0 Å². The highest BCUT2D eigenvalue weighted by Gasteiger charge is 2.21. The van der Waals surface area contributed by atoms with Crippen LogP contribution >= 0.6 is 34.5 Å². The predicted molar refractivity (Wildman–Crippen MR) is 84.4 cm³/mol. The maximum atomic E-state index is 12.3. The molecular weight excluding hydrogens is 339 g/mol. The van der Waals surface area contributed by atoms with Crippen molar-refractivity contribution < 1.29 is 8.42 Å². The van der Waals surface area contributed by atoms with Gasteiger partial charge in [-0.25, -0.2) is 8.42 Å². The van der Waals surface area contributed by atoms with Crippen LogP contribution in [0.15, 0.2) is 33.9 Å². The van der Waals surface area contributed by atoms with Crippen molar-refractivity contribution >= 4 is 50.2 Å². The third kappa shape index (κ3) is 3.27. The average Bonchev–Trinajstić information content (AvgIpc) is 2.86. The van der Waals surface area contributed by atoms with E-state index in [1.165, 1.54) is 23.5 Å². The summed E-state index contributed by atoms with van der Waals surface area (Å²) in [5.74, 6) is 0. The first-order valence-electron chi connectivity index (χ1n) is 5.62. The Labute approximate surface area is 131 Å². The van der Waals surface area contributed by atoms with Crippen LogP contribution in [0.3, 0.4) is 0 Å². The molecule has 0 aliphatic rings. The molecule has 2 N–H and O–H groups in total. The summed E-state index contributed by atoms with van der Waals surface area (Å²) in [7, 11) is -2.00. The number of halogens is 2. The molecule has 0 fully saturated rings. The summed E-state index contributed by atoms with van der Waals surface area (Å²) in [5.41, 5.74) is 1.07. The maximum Gasteiger partial charge on any atom is 0.263 e. The zero-order valence-electron chi connectivity index (χ0n) is 10.5. The number of nitrogens with one attached hydrogen (secondary N) is 2. The third-order valence-electron chi connectivity index (χ3n) is 2.57. The van der Waals surface area contributed by atoms with Crippen LogP contribution < -0.4 is 10.0 Å². The van der Waals surface area contributed by atoms with E-state index in [4.69, 9.17) is 23.2 Å². The molecule has 0 spiro atoms. The van der Waals surface area contributed by atoms with Crippen molar-refractivity contribution in [2.75, 3.05) is 11.8 Å². The van der Waals surface area contributed by atoms with Crippen LogP contribution in [0.25, 0.3) is 0 Å². The minimum atomic E-state index is -3.73. The van der Waals surface area contributed by atoms with Crippen molar-refractivity contribution in [3.05, 3.63) is 44.6 Å². The highest BCUT2D eigenvalue weighted by atomic mass is 35.5. The van der Waals surface area contributed by atoms with E-state index in [1.807, 2.05) is 0 Å². The van der Waals surface area contributed by atoms with Crippen LogP contribution in [-0.2, 0) is 16.6 Å². The lowest BCUT2D eigenvalue weighted by Gasteiger charge is -2.12. The van der Waals surface area contributed by atoms with Crippen molar-refractivity contribution in [2.24, 2.45) is 0 Å². The van der Waals surface area contributed by atoms with Crippen LogP contribution in [0.1, 0.15) is 5.56 Å². The van der Waals surface area contributed by atoms with Crippen molar-refractivity contribution in [3.8, 4) is 0 Å². The SMILES string of the molecule is CNCc1c(Cl)ccc(S(=O)(=O)Nc2ccsc2)c1Cl. The van der Waals surface area contributed by atoms with E-state index in [9.17, 15) is 8.42 Å². The lowest BCUT2D eigenvalue weighted by atomic mass is 10.2. The van der Waals surface area contributed by atoms with E-state index in [0.717, 1.165) is 0 Å². The molecule has 0 aliphatic heterocycles. The van der Waals surface area contributed by atoms with Crippen molar-refractivity contribution in [3.63, 3.8) is 0 Å². The van der Waals surface area contributed by atoms with Gasteiger partial charge in [0.1, 0.15) is 4.90 Å².